The molecule has 140 valence electrons. The summed E-state index contributed by atoms with van der Waals surface area (Å²) in [5, 5.41) is 0. The van der Waals surface area contributed by atoms with E-state index in [0.29, 0.717) is 4.47 Å². The summed E-state index contributed by atoms with van der Waals surface area (Å²) in [6.45, 7) is 8.08. The SMILES string of the molecule is CCCC(CC)OC(=O)c1cccc(Br)c1C(=O)OC(CC)CCC. The predicted octanol–water partition coefficient (Wildman–Crippen LogP) is 5.92. The summed E-state index contributed by atoms with van der Waals surface area (Å²) in [5.41, 5.74) is 0.494. The van der Waals surface area contributed by atoms with Crippen LogP contribution >= 0.6 is 15.9 Å². The highest BCUT2D eigenvalue weighted by atomic mass is 79.9. The summed E-state index contributed by atoms with van der Waals surface area (Å²) in [7, 11) is 0. The molecule has 0 aliphatic rings. The van der Waals surface area contributed by atoms with Crippen molar-refractivity contribution >= 4 is 27.9 Å². The monoisotopic (exact) mass is 412 g/mol. The van der Waals surface area contributed by atoms with Gasteiger partial charge in [0.1, 0.15) is 12.2 Å². The maximum Gasteiger partial charge on any atom is 0.340 e. The molecular formula is C20H29BrO4. The summed E-state index contributed by atoms with van der Waals surface area (Å²) < 4.78 is 11.7. The normalized spacial score (nSPS) is 13.2. The number of ether oxygens (including phenoxy) is 2. The standard InChI is InChI=1S/C20H29BrO4/c1-5-10-14(7-3)24-19(22)16-12-9-13-17(21)18(16)20(23)25-15(8-4)11-6-2/h9,12-15H,5-8,10-11H2,1-4H3. The van der Waals surface area contributed by atoms with Crippen molar-refractivity contribution in [3.63, 3.8) is 0 Å². The molecule has 0 amide bonds. The Balaban J connectivity index is 3.04. The quantitative estimate of drug-likeness (QED) is 0.447. The lowest BCUT2D eigenvalue weighted by Crippen LogP contribution is -2.23. The van der Waals surface area contributed by atoms with Crippen LogP contribution in [0.3, 0.4) is 0 Å². The van der Waals surface area contributed by atoms with Crippen LogP contribution in [0.25, 0.3) is 0 Å². The van der Waals surface area contributed by atoms with Gasteiger partial charge in [-0.2, -0.15) is 0 Å². The Bertz CT molecular complexity index is 571. The lowest BCUT2D eigenvalue weighted by molar-refractivity contribution is 0.0222. The van der Waals surface area contributed by atoms with Gasteiger partial charge in [0, 0.05) is 4.47 Å². The van der Waals surface area contributed by atoms with E-state index in [2.05, 4.69) is 29.8 Å². The van der Waals surface area contributed by atoms with Gasteiger partial charge in [-0.15, -0.1) is 0 Å². The molecule has 0 radical (unpaired) electrons. The lowest BCUT2D eigenvalue weighted by atomic mass is 10.1. The summed E-state index contributed by atoms with van der Waals surface area (Å²) in [6, 6.07) is 5.07. The van der Waals surface area contributed by atoms with Gasteiger partial charge in [0.25, 0.3) is 0 Å². The molecule has 5 heteroatoms. The molecule has 4 nitrogen and oxygen atoms in total. The average molecular weight is 413 g/mol. The molecule has 0 spiro atoms. The van der Waals surface area contributed by atoms with Gasteiger partial charge in [-0.1, -0.05) is 46.6 Å². The molecule has 1 rings (SSSR count). The fourth-order valence-corrected chi connectivity index (χ4v) is 3.19. The Kier molecular flexibility index (Phi) is 9.79. The molecule has 0 heterocycles. The highest BCUT2D eigenvalue weighted by Crippen LogP contribution is 2.25. The van der Waals surface area contributed by atoms with Crippen molar-refractivity contribution in [1.29, 1.82) is 0 Å². The fourth-order valence-electron chi connectivity index (χ4n) is 2.66. The van der Waals surface area contributed by atoms with Crippen molar-refractivity contribution < 1.29 is 19.1 Å². The first-order valence-electron chi connectivity index (χ1n) is 9.18. The van der Waals surface area contributed by atoms with E-state index in [-0.39, 0.29) is 23.3 Å². The molecule has 25 heavy (non-hydrogen) atoms. The van der Waals surface area contributed by atoms with Crippen LogP contribution in [0.4, 0.5) is 0 Å². The van der Waals surface area contributed by atoms with Crippen molar-refractivity contribution in [3.05, 3.63) is 33.8 Å². The molecule has 0 saturated carbocycles. The molecule has 0 bridgehead atoms. The third-order valence-electron chi connectivity index (χ3n) is 4.12. The summed E-state index contributed by atoms with van der Waals surface area (Å²) in [4.78, 5) is 25.3. The molecule has 0 fully saturated rings. The number of hydrogen-bond acceptors (Lipinski definition) is 4. The first-order chi connectivity index (χ1) is 12.0. The van der Waals surface area contributed by atoms with Gasteiger partial charge in [0.15, 0.2) is 0 Å². The Morgan fingerprint density at radius 1 is 0.920 bits per heavy atom. The molecule has 0 aliphatic carbocycles. The highest BCUT2D eigenvalue weighted by molar-refractivity contribution is 9.10. The second-order valence-electron chi connectivity index (χ2n) is 6.11. The van der Waals surface area contributed by atoms with Crippen LogP contribution in [0.15, 0.2) is 22.7 Å². The zero-order valence-corrected chi connectivity index (χ0v) is 17.2. The van der Waals surface area contributed by atoms with Gasteiger partial charge in [-0.05, 0) is 53.7 Å². The third kappa shape index (κ3) is 6.46. The van der Waals surface area contributed by atoms with Gasteiger partial charge in [0.2, 0.25) is 0 Å². The minimum absolute atomic E-state index is 0.135. The molecular weight excluding hydrogens is 384 g/mol. The molecule has 1 aromatic rings. The molecule has 0 saturated heterocycles. The van der Waals surface area contributed by atoms with Crippen LogP contribution in [0.5, 0.6) is 0 Å². The van der Waals surface area contributed by atoms with Crippen LogP contribution in [0.2, 0.25) is 0 Å². The Hall–Kier alpha value is -1.36. The maximum absolute atomic E-state index is 12.7. The van der Waals surface area contributed by atoms with E-state index in [1.807, 2.05) is 13.8 Å². The summed E-state index contributed by atoms with van der Waals surface area (Å²) >= 11 is 3.37. The van der Waals surface area contributed by atoms with Gasteiger partial charge >= 0.3 is 11.9 Å². The van der Waals surface area contributed by atoms with Crippen molar-refractivity contribution in [2.45, 2.75) is 78.4 Å². The van der Waals surface area contributed by atoms with Crippen LogP contribution < -0.4 is 0 Å². The number of carbonyl (C=O) groups is 2. The second-order valence-corrected chi connectivity index (χ2v) is 6.97. The maximum atomic E-state index is 12.7. The van der Waals surface area contributed by atoms with Crippen molar-refractivity contribution in [3.8, 4) is 0 Å². The zero-order chi connectivity index (χ0) is 18.8. The fraction of sp³-hybridized carbons (Fsp3) is 0.600. The number of benzene rings is 1. The number of esters is 2. The van der Waals surface area contributed by atoms with Gasteiger partial charge in [-0.3, -0.25) is 0 Å². The van der Waals surface area contributed by atoms with Crippen molar-refractivity contribution in [2.75, 3.05) is 0 Å². The zero-order valence-electron chi connectivity index (χ0n) is 15.6. The summed E-state index contributed by atoms with van der Waals surface area (Å²) in [5.74, 6) is -0.958. The highest BCUT2D eigenvalue weighted by Gasteiger charge is 2.25. The van der Waals surface area contributed by atoms with Crippen LogP contribution in [0, 0.1) is 0 Å². The van der Waals surface area contributed by atoms with E-state index in [9.17, 15) is 9.59 Å². The first-order valence-corrected chi connectivity index (χ1v) is 9.98. The molecule has 0 N–H and O–H groups in total. The third-order valence-corrected chi connectivity index (χ3v) is 4.78. The number of rotatable bonds is 10. The van der Waals surface area contributed by atoms with Gasteiger partial charge in [0.05, 0.1) is 11.1 Å². The summed E-state index contributed by atoms with van der Waals surface area (Å²) in [6.07, 6.45) is 4.71. The van der Waals surface area contributed by atoms with E-state index < -0.39 is 11.9 Å². The molecule has 2 atom stereocenters. The Morgan fingerprint density at radius 3 is 1.92 bits per heavy atom. The van der Waals surface area contributed by atoms with E-state index in [0.717, 1.165) is 38.5 Å². The largest absolute Gasteiger partial charge is 0.459 e. The predicted molar refractivity (Wildman–Crippen MR) is 103 cm³/mol. The average Bonchev–Trinajstić information content (AvgIpc) is 2.60. The minimum Gasteiger partial charge on any atom is -0.459 e. The van der Waals surface area contributed by atoms with E-state index in [1.165, 1.54) is 0 Å². The smallest absolute Gasteiger partial charge is 0.340 e. The second kappa shape index (κ2) is 11.3. The van der Waals surface area contributed by atoms with Gasteiger partial charge in [-0.25, -0.2) is 9.59 Å². The Morgan fingerprint density at radius 2 is 1.44 bits per heavy atom. The van der Waals surface area contributed by atoms with Crippen LogP contribution in [-0.2, 0) is 9.47 Å². The van der Waals surface area contributed by atoms with E-state index in [4.69, 9.17) is 9.47 Å². The van der Waals surface area contributed by atoms with Crippen molar-refractivity contribution in [1.82, 2.24) is 0 Å². The number of halogens is 1. The molecule has 2 unspecified atom stereocenters. The lowest BCUT2D eigenvalue weighted by Gasteiger charge is -2.19. The van der Waals surface area contributed by atoms with E-state index in [1.54, 1.807) is 18.2 Å². The first kappa shape index (κ1) is 21.7. The Labute approximate surface area is 159 Å². The minimum atomic E-state index is -0.483. The van der Waals surface area contributed by atoms with Crippen molar-refractivity contribution in [2.24, 2.45) is 0 Å². The van der Waals surface area contributed by atoms with Gasteiger partial charge < -0.3 is 9.47 Å². The van der Waals surface area contributed by atoms with Crippen LogP contribution in [0.1, 0.15) is 86.9 Å². The van der Waals surface area contributed by atoms with Crippen LogP contribution in [-0.4, -0.2) is 24.1 Å². The molecule has 0 aliphatic heterocycles. The number of hydrogen-bond donors (Lipinski definition) is 0. The number of carbonyl (C=O) groups excluding carboxylic acids is 2. The topological polar surface area (TPSA) is 52.6 Å². The molecule has 0 aromatic heterocycles. The van der Waals surface area contributed by atoms with E-state index >= 15 is 0 Å². The molecule has 1 aromatic carbocycles.